The Morgan fingerprint density at radius 3 is 2.55 bits per heavy atom. The Morgan fingerprint density at radius 2 is 2.00 bits per heavy atom. The van der Waals surface area contributed by atoms with E-state index in [4.69, 9.17) is 11.6 Å². The Morgan fingerprint density at radius 1 is 1.32 bits per heavy atom. The van der Waals surface area contributed by atoms with E-state index in [9.17, 15) is 15.3 Å². The van der Waals surface area contributed by atoms with Gasteiger partial charge in [0.15, 0.2) is 0 Å². The molecule has 0 heterocycles. The van der Waals surface area contributed by atoms with Gasteiger partial charge in [-0.2, -0.15) is 0 Å². The van der Waals surface area contributed by atoms with Crippen molar-refractivity contribution in [1.82, 2.24) is 0 Å². The topological polar surface area (TPSA) is 60.7 Å². The summed E-state index contributed by atoms with van der Waals surface area (Å²) in [6, 6.07) is 4.53. The molecule has 4 heteroatoms. The fourth-order valence-electron chi connectivity index (χ4n) is 2.02. The van der Waals surface area contributed by atoms with Crippen LogP contribution in [0.15, 0.2) is 35.6 Å². The summed E-state index contributed by atoms with van der Waals surface area (Å²) in [6.07, 6.45) is 2.46. The molecule has 0 amide bonds. The van der Waals surface area contributed by atoms with Crippen LogP contribution in [0.4, 0.5) is 0 Å². The van der Waals surface area contributed by atoms with Crippen LogP contribution in [0.5, 0.6) is 5.75 Å². The number of aromatic hydroxyl groups is 1. The van der Waals surface area contributed by atoms with Gasteiger partial charge < -0.3 is 15.3 Å². The van der Waals surface area contributed by atoms with Crippen LogP contribution in [0.25, 0.3) is 0 Å². The van der Waals surface area contributed by atoms with Gasteiger partial charge in [-0.05, 0) is 41.7 Å². The fraction of sp³-hybridized carbons (Fsp3) is 0.500. The highest BCUT2D eigenvalue weighted by molar-refractivity contribution is 6.31. The second kappa shape index (κ2) is 9.02. The van der Waals surface area contributed by atoms with E-state index in [2.05, 4.69) is 5.73 Å². The minimum Gasteiger partial charge on any atom is -0.508 e. The van der Waals surface area contributed by atoms with Gasteiger partial charge in [-0.15, -0.1) is 5.73 Å². The monoisotopic (exact) mass is 324 g/mol. The van der Waals surface area contributed by atoms with Crippen LogP contribution in [0.1, 0.15) is 51.7 Å². The maximum atomic E-state index is 10.2. The van der Waals surface area contributed by atoms with Gasteiger partial charge in [-0.25, -0.2) is 0 Å². The summed E-state index contributed by atoms with van der Waals surface area (Å²) in [5.74, 6) is 0.289. The zero-order valence-electron chi connectivity index (χ0n) is 13.4. The summed E-state index contributed by atoms with van der Waals surface area (Å²) in [5, 5.41) is 29.7. The van der Waals surface area contributed by atoms with Gasteiger partial charge in [-0.1, -0.05) is 38.4 Å². The lowest BCUT2D eigenvalue weighted by Gasteiger charge is -2.14. The molecule has 22 heavy (non-hydrogen) atoms. The van der Waals surface area contributed by atoms with Crippen molar-refractivity contribution in [1.29, 1.82) is 0 Å². The number of hydrogen-bond donors (Lipinski definition) is 3. The van der Waals surface area contributed by atoms with Crippen LogP contribution in [-0.4, -0.2) is 21.4 Å². The Hall–Kier alpha value is -1.25. The van der Waals surface area contributed by atoms with E-state index in [1.54, 1.807) is 12.1 Å². The fourth-order valence-corrected chi connectivity index (χ4v) is 2.32. The van der Waals surface area contributed by atoms with Crippen molar-refractivity contribution in [2.24, 2.45) is 5.92 Å². The minimum absolute atomic E-state index is 0.0762. The highest BCUT2D eigenvalue weighted by atomic mass is 35.5. The molecule has 0 bridgehead atoms. The zero-order chi connectivity index (χ0) is 16.7. The lowest BCUT2D eigenvalue weighted by Crippen LogP contribution is -2.14. The molecule has 1 rings (SSSR count). The van der Waals surface area contributed by atoms with Crippen molar-refractivity contribution >= 4 is 11.6 Å². The van der Waals surface area contributed by atoms with Crippen LogP contribution in [0, 0.1) is 5.92 Å². The van der Waals surface area contributed by atoms with Crippen LogP contribution >= 0.6 is 11.6 Å². The summed E-state index contributed by atoms with van der Waals surface area (Å²) in [6.45, 7) is 5.99. The van der Waals surface area contributed by atoms with Gasteiger partial charge >= 0.3 is 0 Å². The molecule has 1 aromatic carbocycles. The van der Waals surface area contributed by atoms with E-state index in [1.807, 2.05) is 20.8 Å². The average molecular weight is 325 g/mol. The highest BCUT2D eigenvalue weighted by Crippen LogP contribution is 2.28. The Labute approximate surface area is 137 Å². The van der Waals surface area contributed by atoms with Crippen LogP contribution in [0.3, 0.4) is 0 Å². The standard InChI is InChI=1S/C18H25ClO3/c1-4-13(10-18(22)12(2)3)6-5-7-17(21)15-9-8-14(20)11-16(15)19/h5,8-9,11-12,17-18,20-22H,4,7,10H2,1-3H3/t6?,17-,18-/m1/s1. The lowest BCUT2D eigenvalue weighted by atomic mass is 9.98. The first-order valence-corrected chi connectivity index (χ1v) is 8.00. The van der Waals surface area contributed by atoms with Gasteiger partial charge in [0.2, 0.25) is 0 Å². The molecule has 0 fully saturated rings. The number of aliphatic hydroxyl groups excluding tert-OH is 2. The predicted molar refractivity (Wildman–Crippen MR) is 90.0 cm³/mol. The van der Waals surface area contributed by atoms with Crippen molar-refractivity contribution in [3.63, 3.8) is 0 Å². The molecule has 0 spiro atoms. The van der Waals surface area contributed by atoms with Gasteiger partial charge in [-0.3, -0.25) is 0 Å². The molecule has 3 nitrogen and oxygen atoms in total. The zero-order valence-corrected chi connectivity index (χ0v) is 14.1. The average Bonchev–Trinajstić information content (AvgIpc) is 2.45. The van der Waals surface area contributed by atoms with Crippen LogP contribution < -0.4 is 0 Å². The molecular weight excluding hydrogens is 300 g/mol. The molecule has 1 aromatic rings. The molecule has 3 N–H and O–H groups in total. The smallest absolute Gasteiger partial charge is 0.117 e. The summed E-state index contributed by atoms with van der Waals surface area (Å²) < 4.78 is 0. The molecule has 2 atom stereocenters. The van der Waals surface area contributed by atoms with Crippen molar-refractivity contribution in [3.8, 4) is 5.75 Å². The Kier molecular flexibility index (Phi) is 7.70. The molecule has 122 valence electrons. The first-order chi connectivity index (χ1) is 10.3. The largest absolute Gasteiger partial charge is 0.508 e. The van der Waals surface area contributed by atoms with Crippen molar-refractivity contribution in [2.75, 3.05) is 0 Å². The third kappa shape index (κ3) is 5.86. The van der Waals surface area contributed by atoms with E-state index in [0.717, 1.165) is 12.0 Å². The summed E-state index contributed by atoms with van der Waals surface area (Å²) in [4.78, 5) is 0. The number of rotatable bonds is 7. The number of hydrogen-bond acceptors (Lipinski definition) is 3. The SMILES string of the molecule is CCC(=C=CC[C@@H](O)c1ccc(O)cc1Cl)C[C@@H](O)C(C)C. The molecule has 0 aliphatic heterocycles. The van der Waals surface area contributed by atoms with E-state index < -0.39 is 6.10 Å². The van der Waals surface area contributed by atoms with Crippen LogP contribution in [-0.2, 0) is 0 Å². The Bertz CT molecular complexity index is 545. The van der Waals surface area contributed by atoms with E-state index in [1.165, 1.54) is 12.1 Å². The van der Waals surface area contributed by atoms with E-state index in [-0.39, 0.29) is 17.8 Å². The molecule has 0 saturated heterocycles. The first-order valence-electron chi connectivity index (χ1n) is 7.62. The minimum atomic E-state index is -0.742. The number of halogens is 1. The molecule has 0 radical (unpaired) electrons. The molecule has 0 aliphatic carbocycles. The van der Waals surface area contributed by atoms with Crippen LogP contribution in [0.2, 0.25) is 5.02 Å². The van der Waals surface area contributed by atoms with Gasteiger partial charge in [0.1, 0.15) is 5.75 Å². The summed E-state index contributed by atoms with van der Waals surface area (Å²) in [5.41, 5.74) is 4.78. The predicted octanol–water partition coefficient (Wildman–Crippen LogP) is 4.37. The highest BCUT2D eigenvalue weighted by Gasteiger charge is 2.12. The quantitative estimate of drug-likeness (QED) is 0.653. The van der Waals surface area contributed by atoms with Gasteiger partial charge in [0.05, 0.1) is 17.2 Å². The normalized spacial score (nSPS) is 13.6. The number of phenols is 1. The Balaban J connectivity index is 2.74. The van der Waals surface area contributed by atoms with E-state index >= 15 is 0 Å². The lowest BCUT2D eigenvalue weighted by molar-refractivity contribution is 0.125. The van der Waals surface area contributed by atoms with Crippen molar-refractivity contribution < 1.29 is 15.3 Å². The summed E-state index contributed by atoms with van der Waals surface area (Å²) in [7, 11) is 0. The second-order valence-corrected chi connectivity index (χ2v) is 6.19. The van der Waals surface area contributed by atoms with Gasteiger partial charge in [0.25, 0.3) is 0 Å². The van der Waals surface area contributed by atoms with E-state index in [0.29, 0.717) is 23.4 Å². The van der Waals surface area contributed by atoms with Gasteiger partial charge in [0, 0.05) is 12.8 Å². The molecule has 0 aliphatic rings. The third-order valence-corrected chi connectivity index (χ3v) is 3.97. The maximum Gasteiger partial charge on any atom is 0.117 e. The molecule has 0 unspecified atom stereocenters. The molecule has 0 saturated carbocycles. The number of phenolic OH excluding ortho intramolecular Hbond substituents is 1. The number of aliphatic hydroxyl groups is 2. The second-order valence-electron chi connectivity index (χ2n) is 5.78. The molecule has 0 aromatic heterocycles. The molecular formula is C18H25ClO3. The number of benzene rings is 1. The first kappa shape index (κ1) is 18.8. The third-order valence-electron chi connectivity index (χ3n) is 3.64. The van der Waals surface area contributed by atoms with Crippen molar-refractivity contribution in [2.45, 2.75) is 52.2 Å². The summed E-state index contributed by atoms with van der Waals surface area (Å²) >= 11 is 6.00. The maximum absolute atomic E-state index is 10.2. The van der Waals surface area contributed by atoms with Crippen molar-refractivity contribution in [3.05, 3.63) is 46.2 Å².